The first-order valence-corrected chi connectivity index (χ1v) is 6.35. The molecular formula is C13H16Cl2O3. The number of ether oxygens (including phenoxy) is 1. The van der Waals surface area contributed by atoms with Crippen LogP contribution in [0.2, 0.25) is 10.0 Å². The van der Waals surface area contributed by atoms with Crippen molar-refractivity contribution in [2.45, 2.75) is 25.9 Å². The van der Waals surface area contributed by atoms with Gasteiger partial charge in [-0.05, 0) is 31.0 Å². The lowest BCUT2D eigenvalue weighted by molar-refractivity contribution is -0.155. The molecule has 100 valence electrons. The van der Waals surface area contributed by atoms with E-state index in [1.54, 1.807) is 25.1 Å². The Bertz CT molecular complexity index is 444. The van der Waals surface area contributed by atoms with Gasteiger partial charge in [0.1, 0.15) is 5.60 Å². The molecule has 1 aromatic carbocycles. The molecule has 18 heavy (non-hydrogen) atoms. The van der Waals surface area contributed by atoms with Gasteiger partial charge in [-0.2, -0.15) is 0 Å². The zero-order valence-corrected chi connectivity index (χ0v) is 12.0. The van der Waals surface area contributed by atoms with Crippen LogP contribution in [0.5, 0.6) is 0 Å². The van der Waals surface area contributed by atoms with Gasteiger partial charge in [-0.15, -0.1) is 0 Å². The van der Waals surface area contributed by atoms with Gasteiger partial charge in [-0.3, -0.25) is 4.79 Å². The number of esters is 1. The lowest BCUT2D eigenvalue weighted by Crippen LogP contribution is -2.37. The van der Waals surface area contributed by atoms with Gasteiger partial charge in [-0.25, -0.2) is 0 Å². The SMILES string of the molecule is CCC(C(=O)OC)C(C)(O)c1ccc(Cl)c(Cl)c1. The number of benzene rings is 1. The predicted molar refractivity (Wildman–Crippen MR) is 71.8 cm³/mol. The van der Waals surface area contributed by atoms with E-state index in [2.05, 4.69) is 0 Å². The van der Waals surface area contributed by atoms with E-state index in [-0.39, 0.29) is 0 Å². The molecule has 2 unspecified atom stereocenters. The smallest absolute Gasteiger partial charge is 0.311 e. The summed E-state index contributed by atoms with van der Waals surface area (Å²) < 4.78 is 4.71. The van der Waals surface area contributed by atoms with Gasteiger partial charge >= 0.3 is 5.97 Å². The number of carbonyl (C=O) groups excluding carboxylic acids is 1. The van der Waals surface area contributed by atoms with Crippen LogP contribution in [0.15, 0.2) is 18.2 Å². The summed E-state index contributed by atoms with van der Waals surface area (Å²) in [6, 6.07) is 4.81. The number of halogens is 2. The molecule has 0 amide bonds. The van der Waals surface area contributed by atoms with Gasteiger partial charge in [0.25, 0.3) is 0 Å². The van der Waals surface area contributed by atoms with E-state index in [0.717, 1.165) is 0 Å². The standard InChI is InChI=1S/C13H16Cl2O3/c1-4-9(12(16)18-3)13(2,17)8-5-6-10(14)11(15)7-8/h5-7,9,17H,4H2,1-3H3. The maximum Gasteiger partial charge on any atom is 0.311 e. The number of aliphatic hydroxyl groups is 1. The zero-order valence-electron chi connectivity index (χ0n) is 10.5. The van der Waals surface area contributed by atoms with Crippen molar-refractivity contribution in [3.05, 3.63) is 33.8 Å². The van der Waals surface area contributed by atoms with Gasteiger partial charge in [0.15, 0.2) is 0 Å². The topological polar surface area (TPSA) is 46.5 Å². The Kier molecular flexibility index (Phi) is 5.02. The molecule has 0 aromatic heterocycles. The maximum absolute atomic E-state index is 11.7. The van der Waals surface area contributed by atoms with E-state index in [9.17, 15) is 9.90 Å². The Balaban J connectivity index is 3.17. The molecule has 3 nitrogen and oxygen atoms in total. The fourth-order valence-corrected chi connectivity index (χ4v) is 2.25. The summed E-state index contributed by atoms with van der Waals surface area (Å²) in [5.74, 6) is -1.10. The Hall–Kier alpha value is -0.770. The van der Waals surface area contributed by atoms with E-state index in [0.29, 0.717) is 22.0 Å². The van der Waals surface area contributed by atoms with Crippen molar-refractivity contribution in [3.8, 4) is 0 Å². The molecule has 0 aliphatic rings. The first-order valence-electron chi connectivity index (χ1n) is 5.60. The van der Waals surface area contributed by atoms with E-state index in [4.69, 9.17) is 27.9 Å². The Morgan fingerprint density at radius 1 is 1.44 bits per heavy atom. The summed E-state index contributed by atoms with van der Waals surface area (Å²) in [7, 11) is 1.30. The van der Waals surface area contributed by atoms with Gasteiger partial charge < -0.3 is 9.84 Å². The first-order chi connectivity index (χ1) is 8.34. The second-order valence-corrected chi connectivity index (χ2v) is 5.07. The monoisotopic (exact) mass is 290 g/mol. The molecule has 5 heteroatoms. The number of carbonyl (C=O) groups is 1. The minimum Gasteiger partial charge on any atom is -0.469 e. The van der Waals surface area contributed by atoms with Crippen LogP contribution >= 0.6 is 23.2 Å². The lowest BCUT2D eigenvalue weighted by atomic mass is 9.81. The van der Waals surface area contributed by atoms with Crippen LogP contribution in [0, 0.1) is 5.92 Å². The van der Waals surface area contributed by atoms with Gasteiger partial charge in [0.2, 0.25) is 0 Å². The summed E-state index contributed by atoms with van der Waals surface area (Å²) in [6.45, 7) is 3.38. The molecule has 0 fully saturated rings. The Morgan fingerprint density at radius 3 is 2.50 bits per heavy atom. The highest BCUT2D eigenvalue weighted by Crippen LogP contribution is 2.35. The molecule has 0 aliphatic carbocycles. The highest BCUT2D eigenvalue weighted by atomic mass is 35.5. The van der Waals surface area contributed by atoms with Gasteiger partial charge in [-0.1, -0.05) is 36.2 Å². The van der Waals surface area contributed by atoms with Crippen molar-refractivity contribution in [2.75, 3.05) is 7.11 Å². The van der Waals surface area contributed by atoms with Crippen LogP contribution < -0.4 is 0 Å². The summed E-state index contributed by atoms with van der Waals surface area (Å²) in [5, 5.41) is 11.3. The lowest BCUT2D eigenvalue weighted by Gasteiger charge is -2.31. The van der Waals surface area contributed by atoms with Crippen molar-refractivity contribution < 1.29 is 14.6 Å². The van der Waals surface area contributed by atoms with Gasteiger partial charge in [0, 0.05) is 0 Å². The van der Waals surface area contributed by atoms with Crippen LogP contribution in [-0.4, -0.2) is 18.2 Å². The van der Waals surface area contributed by atoms with Gasteiger partial charge in [0.05, 0.1) is 23.1 Å². The molecule has 0 bridgehead atoms. The second kappa shape index (κ2) is 5.91. The molecule has 1 aromatic rings. The first kappa shape index (κ1) is 15.3. The zero-order chi connectivity index (χ0) is 13.9. The number of methoxy groups -OCH3 is 1. The average Bonchev–Trinajstić information content (AvgIpc) is 2.32. The number of hydrogen-bond acceptors (Lipinski definition) is 3. The molecular weight excluding hydrogens is 275 g/mol. The Labute approximate surface area is 117 Å². The molecule has 0 aliphatic heterocycles. The third-order valence-electron chi connectivity index (χ3n) is 3.08. The van der Waals surface area contributed by atoms with Crippen LogP contribution in [0.3, 0.4) is 0 Å². The quantitative estimate of drug-likeness (QED) is 0.865. The van der Waals surface area contributed by atoms with Crippen molar-refractivity contribution in [1.29, 1.82) is 0 Å². The van der Waals surface area contributed by atoms with Crippen LogP contribution in [-0.2, 0) is 15.1 Å². The summed E-state index contributed by atoms with van der Waals surface area (Å²) in [4.78, 5) is 11.7. The minimum absolute atomic E-state index is 0.342. The van der Waals surface area contributed by atoms with Crippen LogP contribution in [0.1, 0.15) is 25.8 Å². The third-order valence-corrected chi connectivity index (χ3v) is 3.82. The predicted octanol–water partition coefficient (Wildman–Crippen LogP) is 3.40. The summed E-state index contributed by atoms with van der Waals surface area (Å²) >= 11 is 11.8. The van der Waals surface area contributed by atoms with Crippen molar-refractivity contribution in [1.82, 2.24) is 0 Å². The van der Waals surface area contributed by atoms with E-state index in [1.165, 1.54) is 7.11 Å². The van der Waals surface area contributed by atoms with E-state index >= 15 is 0 Å². The minimum atomic E-state index is -1.35. The summed E-state index contributed by atoms with van der Waals surface area (Å²) in [6.07, 6.45) is 0.458. The fourth-order valence-electron chi connectivity index (χ4n) is 1.95. The highest BCUT2D eigenvalue weighted by Gasteiger charge is 2.38. The fraction of sp³-hybridized carbons (Fsp3) is 0.462. The highest BCUT2D eigenvalue weighted by molar-refractivity contribution is 6.42. The molecule has 0 saturated heterocycles. The third kappa shape index (κ3) is 2.97. The number of rotatable bonds is 4. The van der Waals surface area contributed by atoms with Crippen molar-refractivity contribution in [2.24, 2.45) is 5.92 Å². The molecule has 1 N–H and O–H groups in total. The second-order valence-electron chi connectivity index (χ2n) is 4.26. The van der Waals surface area contributed by atoms with E-state index < -0.39 is 17.5 Å². The average molecular weight is 291 g/mol. The largest absolute Gasteiger partial charge is 0.469 e. The van der Waals surface area contributed by atoms with E-state index in [1.807, 2.05) is 6.92 Å². The molecule has 0 heterocycles. The molecule has 0 spiro atoms. The van der Waals surface area contributed by atoms with Crippen LogP contribution in [0.25, 0.3) is 0 Å². The Morgan fingerprint density at radius 2 is 2.06 bits per heavy atom. The molecule has 0 saturated carbocycles. The van der Waals surface area contributed by atoms with Crippen molar-refractivity contribution in [3.63, 3.8) is 0 Å². The molecule has 1 rings (SSSR count). The number of hydrogen-bond donors (Lipinski definition) is 1. The molecule has 2 atom stereocenters. The normalized spacial score (nSPS) is 15.9. The summed E-state index contributed by atoms with van der Waals surface area (Å²) in [5.41, 5.74) is -0.815. The van der Waals surface area contributed by atoms with Crippen LogP contribution in [0.4, 0.5) is 0 Å². The molecule has 0 radical (unpaired) electrons. The maximum atomic E-state index is 11.7. The van der Waals surface area contributed by atoms with Crippen molar-refractivity contribution >= 4 is 29.2 Å².